The van der Waals surface area contributed by atoms with Crippen LogP contribution < -0.4 is 20.7 Å². The minimum Gasteiger partial charge on any atom is -0.495 e. The molecule has 28 heavy (non-hydrogen) atoms. The monoisotopic (exact) mass is 403 g/mol. The number of amides is 2. The molecule has 1 aliphatic rings. The number of aryl methyl sites for hydroxylation is 1. The van der Waals surface area contributed by atoms with Gasteiger partial charge in [0.05, 0.1) is 18.7 Å². The maximum Gasteiger partial charge on any atom is 0.227 e. The lowest BCUT2D eigenvalue weighted by atomic mass is 10.1. The fraction of sp³-hybridized carbons (Fsp3) is 0.333. The van der Waals surface area contributed by atoms with E-state index in [4.69, 9.17) is 10.5 Å². The average Bonchev–Trinajstić information content (AvgIpc) is 3.08. The fourth-order valence-electron chi connectivity index (χ4n) is 3.30. The average molecular weight is 404 g/mol. The van der Waals surface area contributed by atoms with Crippen molar-refractivity contribution in [3.63, 3.8) is 0 Å². The molecule has 0 bridgehead atoms. The van der Waals surface area contributed by atoms with Crippen LogP contribution in [0.2, 0.25) is 0 Å². The summed E-state index contributed by atoms with van der Waals surface area (Å²) in [5.74, 6) is 0.00191. The van der Waals surface area contributed by atoms with Gasteiger partial charge in [0.2, 0.25) is 11.8 Å². The molecule has 7 heteroatoms. The molecule has 0 saturated carbocycles. The quantitative estimate of drug-likeness (QED) is 0.776. The molecule has 0 spiro atoms. The van der Waals surface area contributed by atoms with Gasteiger partial charge in [-0.2, -0.15) is 0 Å². The highest BCUT2D eigenvalue weighted by atomic mass is 35.5. The topological polar surface area (TPSA) is 84.7 Å². The zero-order chi connectivity index (χ0) is 19.4. The van der Waals surface area contributed by atoms with Gasteiger partial charge < -0.3 is 20.7 Å². The van der Waals surface area contributed by atoms with Crippen molar-refractivity contribution >= 4 is 29.9 Å². The predicted octanol–water partition coefficient (Wildman–Crippen LogP) is 2.59. The highest BCUT2D eigenvalue weighted by Crippen LogP contribution is 2.33. The van der Waals surface area contributed by atoms with E-state index in [0.717, 1.165) is 11.1 Å². The number of hydrogen-bond acceptors (Lipinski definition) is 4. The zero-order valence-corrected chi connectivity index (χ0v) is 16.9. The number of methoxy groups -OCH3 is 1. The third-order valence-electron chi connectivity index (χ3n) is 4.84. The molecule has 0 aromatic heterocycles. The van der Waals surface area contributed by atoms with Crippen LogP contribution in [0.15, 0.2) is 48.5 Å². The number of ether oxygens (including phenoxy) is 1. The Morgan fingerprint density at radius 1 is 1.29 bits per heavy atom. The number of nitrogens with one attached hydrogen (secondary N) is 1. The molecular weight excluding hydrogens is 378 g/mol. The first-order valence-corrected chi connectivity index (χ1v) is 9.03. The highest BCUT2D eigenvalue weighted by molar-refractivity contribution is 6.01. The van der Waals surface area contributed by atoms with Crippen molar-refractivity contribution in [1.29, 1.82) is 0 Å². The van der Waals surface area contributed by atoms with E-state index >= 15 is 0 Å². The molecule has 2 unspecified atom stereocenters. The van der Waals surface area contributed by atoms with Gasteiger partial charge in [0.1, 0.15) is 5.75 Å². The molecule has 1 heterocycles. The molecule has 2 aromatic rings. The fourth-order valence-corrected chi connectivity index (χ4v) is 3.30. The van der Waals surface area contributed by atoms with Crippen LogP contribution >= 0.6 is 12.4 Å². The van der Waals surface area contributed by atoms with Gasteiger partial charge in [-0.3, -0.25) is 9.59 Å². The Kier molecular flexibility index (Phi) is 7.43. The van der Waals surface area contributed by atoms with E-state index in [1.54, 1.807) is 12.0 Å². The van der Waals surface area contributed by atoms with Crippen molar-refractivity contribution in [2.24, 2.45) is 11.7 Å². The number of rotatable bonds is 6. The van der Waals surface area contributed by atoms with E-state index in [1.165, 1.54) is 0 Å². The van der Waals surface area contributed by atoms with Gasteiger partial charge in [0, 0.05) is 25.6 Å². The number of halogens is 1. The maximum atomic E-state index is 12.5. The Balaban J connectivity index is 0.00000280. The number of nitrogens with zero attached hydrogens (tertiary/aromatic N) is 1. The third-order valence-corrected chi connectivity index (χ3v) is 4.84. The summed E-state index contributed by atoms with van der Waals surface area (Å²) < 4.78 is 5.37. The summed E-state index contributed by atoms with van der Waals surface area (Å²) in [6.45, 7) is 2.63. The molecule has 2 atom stereocenters. The van der Waals surface area contributed by atoms with Crippen molar-refractivity contribution in [3.8, 4) is 5.75 Å². The Morgan fingerprint density at radius 2 is 2.00 bits per heavy atom. The lowest BCUT2D eigenvalue weighted by Gasteiger charge is -2.20. The molecule has 1 saturated heterocycles. The summed E-state index contributed by atoms with van der Waals surface area (Å²) in [4.78, 5) is 26.7. The van der Waals surface area contributed by atoms with E-state index in [2.05, 4.69) is 5.32 Å². The number of hydrogen-bond donors (Lipinski definition) is 2. The van der Waals surface area contributed by atoms with Gasteiger partial charge in [0.25, 0.3) is 0 Å². The summed E-state index contributed by atoms with van der Waals surface area (Å²) in [7, 11) is 1.57. The van der Waals surface area contributed by atoms with Crippen molar-refractivity contribution in [2.45, 2.75) is 19.4 Å². The van der Waals surface area contributed by atoms with Crippen LogP contribution in [0.4, 0.5) is 5.69 Å². The van der Waals surface area contributed by atoms with Crippen LogP contribution in [-0.4, -0.2) is 32.0 Å². The van der Waals surface area contributed by atoms with E-state index in [-0.39, 0.29) is 36.7 Å². The lowest BCUT2D eigenvalue weighted by Crippen LogP contribution is -2.37. The summed E-state index contributed by atoms with van der Waals surface area (Å²) in [6, 6.07) is 15.0. The van der Waals surface area contributed by atoms with Gasteiger partial charge in [-0.25, -0.2) is 0 Å². The number of carbonyl (C=O) groups excluding carboxylic acids is 2. The molecule has 1 fully saturated rings. The predicted molar refractivity (Wildman–Crippen MR) is 112 cm³/mol. The van der Waals surface area contributed by atoms with Crippen molar-refractivity contribution in [3.05, 3.63) is 59.7 Å². The largest absolute Gasteiger partial charge is 0.495 e. The molecule has 3 rings (SSSR count). The van der Waals surface area contributed by atoms with E-state index in [9.17, 15) is 9.59 Å². The first-order valence-electron chi connectivity index (χ1n) is 9.03. The summed E-state index contributed by atoms with van der Waals surface area (Å²) in [5.41, 5.74) is 8.83. The second kappa shape index (κ2) is 9.57. The van der Waals surface area contributed by atoms with Gasteiger partial charge in [-0.05, 0) is 30.2 Å². The SMILES string of the molecule is COc1ccc(C)cc1N1CC(C(=O)NCC(N)c2ccccc2)CC1=O.Cl. The van der Waals surface area contributed by atoms with Crippen LogP contribution in [0.25, 0.3) is 0 Å². The Bertz CT molecular complexity index is 829. The van der Waals surface area contributed by atoms with Gasteiger partial charge in [0.15, 0.2) is 0 Å². The first-order chi connectivity index (χ1) is 13.0. The van der Waals surface area contributed by atoms with E-state index < -0.39 is 5.92 Å². The minimum absolute atomic E-state index is 0. The highest BCUT2D eigenvalue weighted by Gasteiger charge is 2.36. The number of nitrogens with two attached hydrogens (primary N) is 1. The van der Waals surface area contributed by atoms with E-state index in [1.807, 2.05) is 55.5 Å². The number of carbonyl (C=O) groups is 2. The normalized spacial score (nSPS) is 17.0. The van der Waals surface area contributed by atoms with Crippen LogP contribution in [0.5, 0.6) is 5.75 Å². The Morgan fingerprint density at radius 3 is 2.68 bits per heavy atom. The summed E-state index contributed by atoms with van der Waals surface area (Å²) in [5, 5.41) is 2.88. The molecule has 2 aromatic carbocycles. The van der Waals surface area contributed by atoms with Crippen molar-refractivity contribution < 1.29 is 14.3 Å². The first kappa shape index (κ1) is 21.7. The lowest BCUT2D eigenvalue weighted by molar-refractivity contribution is -0.126. The molecule has 1 aliphatic heterocycles. The molecular formula is C21H26ClN3O3. The Labute approximate surface area is 171 Å². The number of benzene rings is 2. The molecule has 0 aliphatic carbocycles. The molecule has 6 nitrogen and oxygen atoms in total. The molecule has 3 N–H and O–H groups in total. The molecule has 0 radical (unpaired) electrons. The van der Waals surface area contributed by atoms with Gasteiger partial charge in [-0.1, -0.05) is 36.4 Å². The second-order valence-electron chi connectivity index (χ2n) is 6.84. The van der Waals surface area contributed by atoms with Crippen LogP contribution in [0.3, 0.4) is 0 Å². The maximum absolute atomic E-state index is 12.5. The Hall–Kier alpha value is -2.57. The zero-order valence-electron chi connectivity index (χ0n) is 16.1. The summed E-state index contributed by atoms with van der Waals surface area (Å²) >= 11 is 0. The second-order valence-corrected chi connectivity index (χ2v) is 6.84. The van der Waals surface area contributed by atoms with Crippen LogP contribution in [0, 0.1) is 12.8 Å². The summed E-state index contributed by atoms with van der Waals surface area (Å²) in [6.07, 6.45) is 0.184. The third kappa shape index (κ3) is 4.82. The van der Waals surface area contributed by atoms with Crippen LogP contribution in [0.1, 0.15) is 23.6 Å². The van der Waals surface area contributed by atoms with E-state index in [0.29, 0.717) is 24.5 Å². The van der Waals surface area contributed by atoms with Crippen molar-refractivity contribution in [2.75, 3.05) is 25.1 Å². The van der Waals surface area contributed by atoms with Gasteiger partial charge >= 0.3 is 0 Å². The molecule has 2 amide bonds. The van der Waals surface area contributed by atoms with Crippen LogP contribution in [-0.2, 0) is 9.59 Å². The number of anilines is 1. The van der Waals surface area contributed by atoms with Crippen molar-refractivity contribution in [1.82, 2.24) is 5.32 Å². The molecule has 150 valence electrons. The van der Waals surface area contributed by atoms with Gasteiger partial charge in [-0.15, -0.1) is 12.4 Å². The minimum atomic E-state index is -0.398. The standard InChI is InChI=1S/C21H25N3O3.ClH/c1-14-8-9-19(27-2)18(10-14)24-13-16(11-20(24)25)21(26)23-12-17(22)15-6-4-3-5-7-15;/h3-10,16-17H,11-13,22H2,1-2H3,(H,23,26);1H. The smallest absolute Gasteiger partial charge is 0.227 e.